The highest BCUT2D eigenvalue weighted by Gasteiger charge is 2.36. The van der Waals surface area contributed by atoms with E-state index in [9.17, 15) is 14.7 Å². The van der Waals surface area contributed by atoms with Crippen LogP contribution in [0.4, 0.5) is 0 Å². The Morgan fingerprint density at radius 1 is 1.33 bits per heavy atom. The second-order valence-corrected chi connectivity index (χ2v) is 6.70. The molecule has 2 aromatic heterocycles. The third kappa shape index (κ3) is 2.64. The van der Waals surface area contributed by atoms with Crippen molar-refractivity contribution < 1.29 is 14.7 Å². The number of aromatic nitrogens is 3. The maximum Gasteiger partial charge on any atom is 0.326 e. The van der Waals surface area contributed by atoms with Crippen molar-refractivity contribution in [2.45, 2.75) is 39.7 Å². The van der Waals surface area contributed by atoms with E-state index in [2.05, 4.69) is 10.1 Å². The average Bonchev–Trinajstić information content (AvgIpc) is 2.80. The molecule has 0 bridgehead atoms. The first-order valence-corrected chi connectivity index (χ1v) is 8.14. The number of rotatable bonds is 2. The van der Waals surface area contributed by atoms with Crippen molar-refractivity contribution in [1.82, 2.24) is 19.7 Å². The number of hydrogen-bond donors (Lipinski definition) is 1. The van der Waals surface area contributed by atoms with Crippen LogP contribution in [0.1, 0.15) is 41.5 Å². The van der Waals surface area contributed by atoms with Crippen LogP contribution in [0, 0.1) is 19.8 Å². The number of carbonyl (C=O) groups excluding carboxylic acids is 1. The molecule has 7 heteroatoms. The molecule has 3 heterocycles. The largest absolute Gasteiger partial charge is 0.480 e. The zero-order chi connectivity index (χ0) is 17.6. The predicted octanol–water partition coefficient (Wildman–Crippen LogP) is 1.91. The van der Waals surface area contributed by atoms with Crippen molar-refractivity contribution in [1.29, 1.82) is 0 Å². The summed E-state index contributed by atoms with van der Waals surface area (Å²) in [7, 11) is 1.79. The average molecular weight is 330 g/mol. The highest BCUT2D eigenvalue weighted by atomic mass is 16.4. The summed E-state index contributed by atoms with van der Waals surface area (Å²) >= 11 is 0. The van der Waals surface area contributed by atoms with Crippen LogP contribution in [-0.4, -0.2) is 49.2 Å². The molecule has 1 aliphatic rings. The monoisotopic (exact) mass is 330 g/mol. The summed E-state index contributed by atoms with van der Waals surface area (Å²) in [6.07, 6.45) is 1.30. The number of amides is 1. The highest BCUT2D eigenvalue weighted by molar-refractivity contribution is 6.07. The Morgan fingerprint density at radius 3 is 2.71 bits per heavy atom. The number of carboxylic acid groups (broad SMARTS) is 1. The number of hydrogen-bond acceptors (Lipinski definition) is 4. The Kier molecular flexibility index (Phi) is 4.03. The maximum atomic E-state index is 13.1. The molecule has 2 aromatic rings. The van der Waals surface area contributed by atoms with Crippen LogP contribution < -0.4 is 0 Å². The fourth-order valence-corrected chi connectivity index (χ4v) is 3.51. The summed E-state index contributed by atoms with van der Waals surface area (Å²) in [5.41, 5.74) is 2.57. The van der Waals surface area contributed by atoms with Gasteiger partial charge >= 0.3 is 5.97 Å². The van der Waals surface area contributed by atoms with E-state index in [1.54, 1.807) is 17.8 Å². The molecule has 0 aromatic carbocycles. The Morgan fingerprint density at radius 2 is 2.04 bits per heavy atom. The lowest BCUT2D eigenvalue weighted by Crippen LogP contribution is -2.49. The minimum atomic E-state index is -0.945. The molecule has 1 saturated heterocycles. The third-order valence-electron chi connectivity index (χ3n) is 4.74. The van der Waals surface area contributed by atoms with Crippen LogP contribution in [0.3, 0.4) is 0 Å². The number of fused-ring (bicyclic) bond motifs is 1. The van der Waals surface area contributed by atoms with E-state index in [0.717, 1.165) is 12.1 Å². The molecule has 7 nitrogen and oxygen atoms in total. The number of carbonyl (C=O) groups is 2. The first kappa shape index (κ1) is 16.4. The SMILES string of the molecule is Cc1cc(C(=O)N2CCC(C)CC2C(=O)O)c2c(C)nn(C)c2n1. The zero-order valence-corrected chi connectivity index (χ0v) is 14.4. The number of nitrogens with zero attached hydrogens (tertiary/aromatic N) is 4. The topological polar surface area (TPSA) is 88.3 Å². The van der Waals surface area contributed by atoms with Gasteiger partial charge in [0.1, 0.15) is 6.04 Å². The quantitative estimate of drug-likeness (QED) is 0.908. The van der Waals surface area contributed by atoms with Gasteiger partial charge in [0.2, 0.25) is 0 Å². The van der Waals surface area contributed by atoms with Gasteiger partial charge in [-0.2, -0.15) is 5.10 Å². The van der Waals surface area contributed by atoms with Crippen molar-refractivity contribution in [3.8, 4) is 0 Å². The Hall–Kier alpha value is -2.44. The second-order valence-electron chi connectivity index (χ2n) is 6.70. The molecule has 1 aliphatic heterocycles. The van der Waals surface area contributed by atoms with Crippen LogP contribution in [0.5, 0.6) is 0 Å². The molecule has 1 amide bonds. The van der Waals surface area contributed by atoms with Gasteiger partial charge in [-0.15, -0.1) is 0 Å². The molecule has 0 saturated carbocycles. The third-order valence-corrected chi connectivity index (χ3v) is 4.74. The van der Waals surface area contributed by atoms with Crippen LogP contribution >= 0.6 is 0 Å². The second kappa shape index (κ2) is 5.89. The molecular weight excluding hydrogens is 308 g/mol. The van der Waals surface area contributed by atoms with Crippen molar-refractivity contribution >= 4 is 22.9 Å². The predicted molar refractivity (Wildman–Crippen MR) is 88.8 cm³/mol. The van der Waals surface area contributed by atoms with Gasteiger partial charge in [-0.05, 0) is 38.7 Å². The van der Waals surface area contributed by atoms with E-state index in [1.165, 1.54) is 4.90 Å². The molecule has 24 heavy (non-hydrogen) atoms. The van der Waals surface area contributed by atoms with Gasteiger partial charge in [-0.3, -0.25) is 9.48 Å². The molecule has 2 unspecified atom stereocenters. The number of aryl methyl sites for hydroxylation is 3. The minimum Gasteiger partial charge on any atom is -0.480 e. The molecule has 3 rings (SSSR count). The number of likely N-dealkylation sites (tertiary alicyclic amines) is 1. The number of aliphatic carboxylic acids is 1. The minimum absolute atomic E-state index is 0.249. The van der Waals surface area contributed by atoms with Crippen LogP contribution in [0.2, 0.25) is 0 Å². The van der Waals surface area contributed by atoms with Crippen LogP contribution in [-0.2, 0) is 11.8 Å². The molecule has 0 spiro atoms. The molecule has 0 radical (unpaired) electrons. The van der Waals surface area contributed by atoms with E-state index < -0.39 is 12.0 Å². The molecular formula is C17H22N4O3. The van der Waals surface area contributed by atoms with E-state index >= 15 is 0 Å². The Balaban J connectivity index is 2.09. The number of piperidine rings is 1. The lowest BCUT2D eigenvalue weighted by molar-refractivity contribution is -0.144. The van der Waals surface area contributed by atoms with Gasteiger partial charge in [0.15, 0.2) is 5.65 Å². The number of carboxylic acids is 1. The Bertz CT molecular complexity index is 827. The van der Waals surface area contributed by atoms with E-state index in [0.29, 0.717) is 41.2 Å². The van der Waals surface area contributed by atoms with Crippen molar-refractivity contribution in [2.75, 3.05) is 6.54 Å². The van der Waals surface area contributed by atoms with Crippen LogP contribution in [0.15, 0.2) is 6.07 Å². The molecule has 128 valence electrons. The Labute approximate surface area is 140 Å². The fourth-order valence-electron chi connectivity index (χ4n) is 3.51. The first-order valence-electron chi connectivity index (χ1n) is 8.14. The van der Waals surface area contributed by atoms with Gasteiger partial charge in [-0.1, -0.05) is 6.92 Å². The van der Waals surface area contributed by atoms with Gasteiger partial charge in [0.05, 0.1) is 16.6 Å². The standard InChI is InChI=1S/C17H22N4O3/c1-9-5-6-21(13(7-9)17(23)24)16(22)12-8-10(2)18-15-14(12)11(3)19-20(15)4/h8-9,13H,5-7H2,1-4H3,(H,23,24). The summed E-state index contributed by atoms with van der Waals surface area (Å²) in [4.78, 5) is 30.7. The van der Waals surface area contributed by atoms with Gasteiger partial charge in [0, 0.05) is 19.3 Å². The van der Waals surface area contributed by atoms with Crippen molar-refractivity contribution in [2.24, 2.45) is 13.0 Å². The first-order chi connectivity index (χ1) is 11.3. The lowest BCUT2D eigenvalue weighted by atomic mass is 9.91. The summed E-state index contributed by atoms with van der Waals surface area (Å²) < 4.78 is 1.65. The van der Waals surface area contributed by atoms with Crippen molar-refractivity contribution in [3.63, 3.8) is 0 Å². The highest BCUT2D eigenvalue weighted by Crippen LogP contribution is 2.28. The molecule has 2 atom stereocenters. The van der Waals surface area contributed by atoms with Crippen LogP contribution in [0.25, 0.3) is 11.0 Å². The summed E-state index contributed by atoms with van der Waals surface area (Å²) in [6.45, 7) is 6.14. The van der Waals surface area contributed by atoms with E-state index in [1.807, 2.05) is 20.8 Å². The molecule has 0 aliphatic carbocycles. The maximum absolute atomic E-state index is 13.1. The van der Waals surface area contributed by atoms with E-state index in [-0.39, 0.29) is 5.91 Å². The summed E-state index contributed by atoms with van der Waals surface area (Å²) in [5, 5.41) is 14.6. The van der Waals surface area contributed by atoms with Crippen molar-refractivity contribution in [3.05, 3.63) is 23.0 Å². The smallest absolute Gasteiger partial charge is 0.326 e. The van der Waals surface area contributed by atoms with Gasteiger partial charge in [0.25, 0.3) is 5.91 Å². The fraction of sp³-hybridized carbons (Fsp3) is 0.529. The number of pyridine rings is 1. The molecule has 1 N–H and O–H groups in total. The van der Waals surface area contributed by atoms with Gasteiger partial charge < -0.3 is 10.0 Å². The normalized spacial score (nSPS) is 21.2. The van der Waals surface area contributed by atoms with Gasteiger partial charge in [-0.25, -0.2) is 9.78 Å². The lowest BCUT2D eigenvalue weighted by Gasteiger charge is -2.36. The summed E-state index contributed by atoms with van der Waals surface area (Å²) in [6, 6.07) is 0.956. The molecule has 1 fully saturated rings. The summed E-state index contributed by atoms with van der Waals surface area (Å²) in [5.74, 6) is -0.893. The zero-order valence-electron chi connectivity index (χ0n) is 14.4. The van der Waals surface area contributed by atoms with E-state index in [4.69, 9.17) is 0 Å².